The Labute approximate surface area is 428 Å². The molecule has 5 nitrogen and oxygen atoms in total. The van der Waals surface area contributed by atoms with E-state index in [-0.39, 0.29) is 44.1 Å². The molecule has 6 heteroatoms. The van der Waals surface area contributed by atoms with Crippen LogP contribution in [0, 0.1) is 18.5 Å². The average molecular weight is 1090 g/mol. The molecule has 0 atom stereocenters. The SMILES string of the molecule is [2H]c1c([2H])c([2H])c(-c2ccc(-c3ccccc3)c3c2-[n+]2[c-]n(-c4[c-]c(Oc5[c-]c6c(cc5)c5ccccc5n6-c5cc(C(C)(C)C)ccn5)ccc4)c4cccc(c42)-c2ccccc2-c2ccccc2-3)c([2H])c1[2H].[Pt]. The summed E-state index contributed by atoms with van der Waals surface area (Å²) in [4.78, 5) is 4.86. The molecule has 0 amide bonds. The van der Waals surface area contributed by atoms with Gasteiger partial charge in [-0.05, 0) is 90.3 Å². The van der Waals surface area contributed by atoms with Crippen LogP contribution in [0.25, 0.3) is 106 Å². The van der Waals surface area contributed by atoms with Gasteiger partial charge in [-0.1, -0.05) is 184 Å². The van der Waals surface area contributed by atoms with Crippen LogP contribution in [0.5, 0.6) is 11.5 Å². The second kappa shape index (κ2) is 17.1. The molecule has 1 aliphatic rings. The van der Waals surface area contributed by atoms with Gasteiger partial charge in [0.25, 0.3) is 6.33 Å². The Kier molecular flexibility index (Phi) is 9.26. The summed E-state index contributed by atoms with van der Waals surface area (Å²) >= 11 is 0. The molecular weight excluding hydrogens is 1040 g/mol. The van der Waals surface area contributed by atoms with Crippen LogP contribution in [0.2, 0.25) is 0 Å². The van der Waals surface area contributed by atoms with Gasteiger partial charge in [0, 0.05) is 49.8 Å². The number of pyridine rings is 1. The van der Waals surface area contributed by atoms with Crippen LogP contribution in [-0.4, -0.2) is 14.1 Å². The molecule has 0 N–H and O–H groups in total. The Morgan fingerprint density at radius 1 is 0.557 bits per heavy atom. The van der Waals surface area contributed by atoms with Crippen LogP contribution in [0.4, 0.5) is 0 Å². The molecule has 0 saturated heterocycles. The number of imidazole rings is 1. The summed E-state index contributed by atoms with van der Waals surface area (Å²) in [5, 5.41) is 2.11. The Morgan fingerprint density at radius 2 is 1.21 bits per heavy atom. The predicted octanol–water partition coefficient (Wildman–Crippen LogP) is 15.5. The van der Waals surface area contributed by atoms with Crippen molar-refractivity contribution in [2.75, 3.05) is 0 Å². The maximum absolute atomic E-state index is 9.38. The van der Waals surface area contributed by atoms with Gasteiger partial charge in [-0.15, -0.1) is 29.7 Å². The quantitative estimate of drug-likeness (QED) is 0.123. The van der Waals surface area contributed by atoms with Gasteiger partial charge < -0.3 is 13.9 Å². The third-order valence-electron chi connectivity index (χ3n) is 13.2. The van der Waals surface area contributed by atoms with Crippen molar-refractivity contribution in [3.8, 4) is 84.3 Å². The van der Waals surface area contributed by atoms with E-state index in [0.717, 1.165) is 83.2 Å². The van der Waals surface area contributed by atoms with Crippen molar-refractivity contribution in [3.05, 3.63) is 236 Å². The number of para-hydroxylation sites is 2. The number of rotatable bonds is 6. The van der Waals surface area contributed by atoms with Gasteiger partial charge in [0.05, 0.1) is 23.6 Å². The van der Waals surface area contributed by atoms with E-state index in [1.165, 1.54) is 5.56 Å². The van der Waals surface area contributed by atoms with Gasteiger partial charge in [-0.25, -0.2) is 4.98 Å². The van der Waals surface area contributed by atoms with Gasteiger partial charge in [-0.2, -0.15) is 18.2 Å². The molecule has 0 aliphatic carbocycles. The predicted molar refractivity (Wildman–Crippen MR) is 279 cm³/mol. The van der Waals surface area contributed by atoms with Crippen molar-refractivity contribution >= 4 is 32.8 Å². The van der Waals surface area contributed by atoms with E-state index in [4.69, 9.17) is 13.8 Å². The van der Waals surface area contributed by atoms with Crippen LogP contribution in [0.3, 0.4) is 0 Å². The van der Waals surface area contributed by atoms with E-state index in [0.29, 0.717) is 28.4 Å². The average Bonchev–Trinajstić information content (AvgIpc) is 3.99. The standard InChI is InChI=1S/C64H44N4O.Pt/c1-64(2,3)44-36-37-65-60(38-44)68-57-30-15-14-27-53(57)54-33-32-47(40-59(54)68)69-46-23-16-22-45(39-46)66-41-67-62-56(29-17-31-58(62)66)52-26-11-10-24-50(52)51-25-12-13-28-55(51)61-48(42-18-6-4-7-19-42)34-35-49(63(61)67)43-20-8-5-9-21-43;/h4-38H,1-3H3;/q-2;/i5D,8D,9D,20D,21D;. The summed E-state index contributed by atoms with van der Waals surface area (Å²) < 4.78 is 57.9. The monoisotopic (exact) mass is 1080 g/mol. The molecule has 0 bridgehead atoms. The molecule has 4 heterocycles. The zero-order valence-electron chi connectivity index (χ0n) is 43.3. The summed E-state index contributed by atoms with van der Waals surface area (Å²) in [6.45, 7) is 6.60. The van der Waals surface area contributed by atoms with Gasteiger partial charge in [0.2, 0.25) is 0 Å². The second-order valence-electron chi connectivity index (χ2n) is 18.4. The summed E-state index contributed by atoms with van der Waals surface area (Å²) in [6, 6.07) is 64.6. The largest absolute Gasteiger partial charge is 0.510 e. The number of fused-ring (bicyclic) bond motifs is 10. The second-order valence-corrected chi connectivity index (χ2v) is 18.4. The van der Waals surface area contributed by atoms with Crippen LogP contribution in [0.1, 0.15) is 33.2 Å². The molecule has 1 aliphatic heterocycles. The van der Waals surface area contributed by atoms with Crippen molar-refractivity contribution in [2.24, 2.45) is 0 Å². The molecule has 70 heavy (non-hydrogen) atoms. The number of benzene rings is 9. The Balaban J connectivity index is 0.00000569. The topological polar surface area (TPSA) is 35.9 Å². The number of ether oxygens (including phenoxy) is 1. The van der Waals surface area contributed by atoms with Crippen molar-refractivity contribution in [1.82, 2.24) is 14.1 Å². The van der Waals surface area contributed by atoms with Crippen molar-refractivity contribution < 1.29 is 37.2 Å². The van der Waals surface area contributed by atoms with E-state index in [2.05, 4.69) is 129 Å². The maximum atomic E-state index is 9.38. The number of nitrogens with zero attached hydrogens (tertiary/aromatic N) is 4. The van der Waals surface area contributed by atoms with Gasteiger partial charge in [0.1, 0.15) is 5.82 Å². The minimum Gasteiger partial charge on any atom is -0.510 e. The first-order valence-electron chi connectivity index (χ1n) is 25.6. The molecule has 9 aromatic carbocycles. The van der Waals surface area contributed by atoms with Crippen molar-refractivity contribution in [3.63, 3.8) is 0 Å². The van der Waals surface area contributed by atoms with Crippen LogP contribution >= 0.6 is 0 Å². The minimum absolute atomic E-state index is 0. The molecule has 0 fully saturated rings. The molecular formula is C64H44N4OPt-2. The fourth-order valence-electron chi connectivity index (χ4n) is 10.1. The zero-order chi connectivity index (χ0) is 50.6. The minimum atomic E-state index is -0.455. The van der Waals surface area contributed by atoms with Crippen molar-refractivity contribution in [2.45, 2.75) is 26.2 Å². The summed E-state index contributed by atoms with van der Waals surface area (Å²) in [6.07, 6.45) is 5.64. The van der Waals surface area contributed by atoms with E-state index in [1.807, 2.05) is 106 Å². The summed E-state index contributed by atoms with van der Waals surface area (Å²) in [5.41, 5.74) is 13.8. The fourth-order valence-corrected chi connectivity index (χ4v) is 10.1. The first kappa shape index (κ1) is 37.8. The zero-order valence-corrected chi connectivity index (χ0v) is 40.6. The van der Waals surface area contributed by atoms with E-state index in [9.17, 15) is 2.74 Å². The molecule has 0 saturated carbocycles. The van der Waals surface area contributed by atoms with Gasteiger partial charge in [0.15, 0.2) is 0 Å². The van der Waals surface area contributed by atoms with Crippen LogP contribution in [-0.2, 0) is 26.5 Å². The van der Waals surface area contributed by atoms with E-state index in [1.54, 1.807) is 0 Å². The molecule has 0 spiro atoms. The summed E-state index contributed by atoms with van der Waals surface area (Å²) in [5.74, 6) is 1.76. The normalized spacial score (nSPS) is 12.8. The number of hydrogen-bond donors (Lipinski definition) is 0. The molecule has 13 rings (SSSR count). The summed E-state index contributed by atoms with van der Waals surface area (Å²) in [7, 11) is 0. The van der Waals surface area contributed by atoms with Gasteiger partial charge in [-0.3, -0.25) is 4.57 Å². The third-order valence-corrected chi connectivity index (χ3v) is 13.2. The molecule has 12 aromatic rings. The van der Waals surface area contributed by atoms with Crippen LogP contribution < -0.4 is 9.30 Å². The Bertz CT molecular complexity index is 4260. The molecule has 0 unspecified atom stereocenters. The molecule has 3 aromatic heterocycles. The molecule has 338 valence electrons. The fraction of sp³-hybridized carbons (Fsp3) is 0.0625. The maximum Gasteiger partial charge on any atom is 0.268 e. The van der Waals surface area contributed by atoms with E-state index < -0.39 is 18.1 Å². The smallest absolute Gasteiger partial charge is 0.268 e. The number of hydrogen-bond acceptors (Lipinski definition) is 2. The van der Waals surface area contributed by atoms with E-state index >= 15 is 0 Å². The Hall–Kier alpha value is -8.11. The van der Waals surface area contributed by atoms with Crippen LogP contribution in [0.15, 0.2) is 212 Å². The number of aromatic nitrogens is 4. The molecule has 0 radical (unpaired) electrons. The first-order valence-corrected chi connectivity index (χ1v) is 23.1. The third kappa shape index (κ3) is 7.11. The Morgan fingerprint density at radius 3 is 2.01 bits per heavy atom. The first-order chi connectivity index (χ1) is 35.9. The van der Waals surface area contributed by atoms with Crippen molar-refractivity contribution in [1.29, 1.82) is 0 Å². The van der Waals surface area contributed by atoms with Gasteiger partial charge >= 0.3 is 0 Å².